The van der Waals surface area contributed by atoms with E-state index in [1.54, 1.807) is 29.2 Å². The monoisotopic (exact) mass is 437 g/mol. The number of carbonyl (C=O) groups is 2. The fraction of sp³-hybridized carbons (Fsp3) is 0.619. The first-order valence-electron chi connectivity index (χ1n) is 10.3. The van der Waals surface area contributed by atoms with Gasteiger partial charge in [0.1, 0.15) is 0 Å². The van der Waals surface area contributed by atoms with Crippen molar-refractivity contribution in [3.8, 4) is 0 Å². The third-order valence-electron chi connectivity index (χ3n) is 5.55. The van der Waals surface area contributed by atoms with Gasteiger partial charge >= 0.3 is 0 Å². The Bertz CT molecular complexity index is 871. The van der Waals surface area contributed by atoms with Crippen LogP contribution in [0.3, 0.4) is 0 Å². The van der Waals surface area contributed by atoms with Gasteiger partial charge in [-0.2, -0.15) is 4.31 Å². The van der Waals surface area contributed by atoms with E-state index in [1.807, 2.05) is 20.8 Å². The molecule has 1 aromatic rings. The lowest BCUT2D eigenvalue weighted by Gasteiger charge is -2.31. The van der Waals surface area contributed by atoms with Crippen molar-refractivity contribution in [2.24, 2.45) is 5.92 Å². The van der Waals surface area contributed by atoms with E-state index in [-0.39, 0.29) is 34.6 Å². The molecule has 0 aromatic heterocycles. The summed E-state index contributed by atoms with van der Waals surface area (Å²) in [5.41, 5.74) is 0.658. The van der Waals surface area contributed by atoms with Crippen LogP contribution in [-0.4, -0.2) is 74.4 Å². The van der Waals surface area contributed by atoms with Crippen molar-refractivity contribution < 1.29 is 22.7 Å². The second-order valence-corrected chi connectivity index (χ2v) is 10.7. The number of nitrogens with zero attached hydrogens (tertiary/aromatic N) is 2. The highest BCUT2D eigenvalue weighted by molar-refractivity contribution is 7.89. The normalized spacial score (nSPS) is 21.1. The van der Waals surface area contributed by atoms with E-state index < -0.39 is 10.0 Å². The van der Waals surface area contributed by atoms with Gasteiger partial charge in [-0.05, 0) is 44.9 Å². The largest absolute Gasteiger partial charge is 0.379 e. The van der Waals surface area contributed by atoms with Crippen LogP contribution < -0.4 is 5.32 Å². The van der Waals surface area contributed by atoms with Gasteiger partial charge in [-0.15, -0.1) is 0 Å². The molecule has 2 saturated heterocycles. The summed E-state index contributed by atoms with van der Waals surface area (Å²) in [6, 6.07) is 6.78. The van der Waals surface area contributed by atoms with Crippen LogP contribution in [0.4, 0.5) is 0 Å². The fourth-order valence-electron chi connectivity index (χ4n) is 3.77. The predicted octanol–water partition coefficient (Wildman–Crippen LogP) is 1.01. The van der Waals surface area contributed by atoms with Crippen LogP contribution in [0.5, 0.6) is 0 Å². The zero-order valence-corrected chi connectivity index (χ0v) is 18.7. The van der Waals surface area contributed by atoms with Gasteiger partial charge in [-0.3, -0.25) is 9.59 Å². The Labute approximate surface area is 178 Å². The maximum absolute atomic E-state index is 12.7. The number of carbonyl (C=O) groups excluding carboxylic acids is 2. The maximum atomic E-state index is 12.7. The molecule has 2 heterocycles. The molecule has 8 nitrogen and oxygen atoms in total. The number of rotatable bonds is 6. The highest BCUT2D eigenvalue weighted by Gasteiger charge is 2.39. The summed E-state index contributed by atoms with van der Waals surface area (Å²) in [7, 11) is -3.50. The first-order chi connectivity index (χ1) is 14.1. The van der Waals surface area contributed by atoms with E-state index in [4.69, 9.17) is 4.74 Å². The van der Waals surface area contributed by atoms with Gasteiger partial charge in [0.2, 0.25) is 21.8 Å². The van der Waals surface area contributed by atoms with Gasteiger partial charge < -0.3 is 15.0 Å². The number of nitrogens with one attached hydrogen (secondary N) is 1. The van der Waals surface area contributed by atoms with Crippen molar-refractivity contribution in [3.05, 3.63) is 29.8 Å². The van der Waals surface area contributed by atoms with E-state index in [9.17, 15) is 18.0 Å². The number of hydrogen-bond donors (Lipinski definition) is 1. The summed E-state index contributed by atoms with van der Waals surface area (Å²) in [6.07, 6.45) is 0.838. The lowest BCUT2D eigenvalue weighted by molar-refractivity contribution is -0.132. The van der Waals surface area contributed by atoms with Crippen LogP contribution in [0, 0.1) is 5.92 Å². The average Bonchev–Trinajstić information content (AvgIpc) is 3.11. The van der Waals surface area contributed by atoms with Crippen LogP contribution in [0.1, 0.15) is 32.8 Å². The van der Waals surface area contributed by atoms with Crippen LogP contribution in [0.15, 0.2) is 29.2 Å². The van der Waals surface area contributed by atoms with Crippen molar-refractivity contribution in [1.82, 2.24) is 14.5 Å². The highest BCUT2D eigenvalue weighted by Crippen LogP contribution is 2.25. The van der Waals surface area contributed by atoms with E-state index in [2.05, 4.69) is 5.32 Å². The molecule has 1 unspecified atom stereocenters. The summed E-state index contributed by atoms with van der Waals surface area (Å²) in [6.45, 7) is 8.35. The molecule has 1 atom stereocenters. The van der Waals surface area contributed by atoms with Crippen LogP contribution in [-0.2, 0) is 30.8 Å². The molecule has 0 bridgehead atoms. The van der Waals surface area contributed by atoms with Crippen molar-refractivity contribution in [1.29, 1.82) is 0 Å². The van der Waals surface area contributed by atoms with Gasteiger partial charge in [0.25, 0.3) is 0 Å². The van der Waals surface area contributed by atoms with E-state index in [0.29, 0.717) is 45.8 Å². The molecule has 0 aliphatic carbocycles. The van der Waals surface area contributed by atoms with Crippen molar-refractivity contribution >= 4 is 21.8 Å². The topological polar surface area (TPSA) is 96.0 Å². The molecule has 30 heavy (non-hydrogen) atoms. The summed E-state index contributed by atoms with van der Waals surface area (Å²) in [4.78, 5) is 26.6. The van der Waals surface area contributed by atoms with E-state index in [1.165, 1.54) is 4.31 Å². The molecule has 1 aromatic carbocycles. The van der Waals surface area contributed by atoms with Crippen LogP contribution >= 0.6 is 0 Å². The van der Waals surface area contributed by atoms with E-state index in [0.717, 1.165) is 5.56 Å². The number of amides is 2. The summed E-state index contributed by atoms with van der Waals surface area (Å²) in [5.74, 6) is -0.418. The molecule has 0 spiro atoms. The fourth-order valence-corrected chi connectivity index (χ4v) is 5.18. The minimum absolute atomic E-state index is 0.0136. The number of likely N-dealkylation sites (tertiary alicyclic amines) is 1. The molecule has 2 amide bonds. The van der Waals surface area contributed by atoms with Gasteiger partial charge in [0.15, 0.2) is 0 Å². The van der Waals surface area contributed by atoms with Crippen LogP contribution in [0.25, 0.3) is 0 Å². The SMILES string of the molecule is CC(C)(C)N1CC(C(=O)NCCc2ccc(S(=O)(=O)N3CCOCC3)cc2)CC1=O. The smallest absolute Gasteiger partial charge is 0.243 e. The molecule has 2 aliphatic rings. The Morgan fingerprint density at radius 3 is 2.37 bits per heavy atom. The third-order valence-corrected chi connectivity index (χ3v) is 7.46. The van der Waals surface area contributed by atoms with E-state index >= 15 is 0 Å². The Morgan fingerprint density at radius 2 is 1.80 bits per heavy atom. The van der Waals surface area contributed by atoms with Gasteiger partial charge in [0.05, 0.1) is 24.0 Å². The van der Waals surface area contributed by atoms with Crippen molar-refractivity contribution in [2.45, 2.75) is 44.0 Å². The first kappa shape index (κ1) is 22.7. The number of benzene rings is 1. The molecule has 0 saturated carbocycles. The summed E-state index contributed by atoms with van der Waals surface area (Å²) < 4.78 is 32.0. The number of morpholine rings is 1. The predicted molar refractivity (Wildman–Crippen MR) is 112 cm³/mol. The second-order valence-electron chi connectivity index (χ2n) is 8.78. The lowest BCUT2D eigenvalue weighted by atomic mass is 10.1. The van der Waals surface area contributed by atoms with Gasteiger partial charge in [0, 0.05) is 38.1 Å². The molecule has 166 valence electrons. The average molecular weight is 438 g/mol. The molecule has 9 heteroatoms. The maximum Gasteiger partial charge on any atom is 0.243 e. The molecular formula is C21H31N3O5S. The van der Waals surface area contributed by atoms with Gasteiger partial charge in [-0.1, -0.05) is 12.1 Å². The quantitative estimate of drug-likeness (QED) is 0.717. The Morgan fingerprint density at radius 1 is 1.17 bits per heavy atom. The number of ether oxygens (including phenoxy) is 1. The van der Waals surface area contributed by atoms with Gasteiger partial charge in [-0.25, -0.2) is 8.42 Å². The lowest BCUT2D eigenvalue weighted by Crippen LogP contribution is -2.43. The number of hydrogen-bond acceptors (Lipinski definition) is 5. The second kappa shape index (κ2) is 9.03. The van der Waals surface area contributed by atoms with Crippen molar-refractivity contribution in [2.75, 3.05) is 39.4 Å². The zero-order valence-electron chi connectivity index (χ0n) is 17.9. The molecule has 2 aliphatic heterocycles. The Balaban J connectivity index is 1.50. The standard InChI is InChI=1S/C21H31N3O5S/c1-21(2,3)24-15-17(14-19(24)25)20(26)22-9-8-16-4-6-18(7-5-16)30(27,28)23-10-12-29-13-11-23/h4-7,17H,8-15H2,1-3H3,(H,22,26). The zero-order chi connectivity index (χ0) is 21.9. The molecule has 1 N–H and O–H groups in total. The third kappa shape index (κ3) is 5.19. The Kier molecular flexibility index (Phi) is 6.84. The molecule has 2 fully saturated rings. The van der Waals surface area contributed by atoms with Crippen molar-refractivity contribution in [3.63, 3.8) is 0 Å². The molecule has 0 radical (unpaired) electrons. The summed E-state index contributed by atoms with van der Waals surface area (Å²) >= 11 is 0. The summed E-state index contributed by atoms with van der Waals surface area (Å²) in [5, 5.41) is 2.90. The van der Waals surface area contributed by atoms with Crippen LogP contribution in [0.2, 0.25) is 0 Å². The highest BCUT2D eigenvalue weighted by atomic mass is 32.2. The first-order valence-corrected chi connectivity index (χ1v) is 11.8. The Hall–Kier alpha value is -1.97. The number of sulfonamides is 1. The molecular weight excluding hydrogens is 406 g/mol. The minimum Gasteiger partial charge on any atom is -0.379 e. The molecule has 3 rings (SSSR count). The minimum atomic E-state index is -3.50.